The van der Waals surface area contributed by atoms with Crippen molar-refractivity contribution in [1.29, 1.82) is 0 Å². The predicted molar refractivity (Wildman–Crippen MR) is 62.0 cm³/mol. The third-order valence-corrected chi connectivity index (χ3v) is 3.30. The summed E-state index contributed by atoms with van der Waals surface area (Å²) >= 11 is 0. The van der Waals surface area contributed by atoms with Gasteiger partial charge in [-0.1, -0.05) is 6.07 Å². The van der Waals surface area contributed by atoms with Crippen molar-refractivity contribution < 1.29 is 9.90 Å². The smallest absolute Gasteiger partial charge is 0.219 e. The molecule has 2 rings (SSSR count). The van der Waals surface area contributed by atoms with Gasteiger partial charge in [0.1, 0.15) is 5.75 Å². The molecule has 1 atom stereocenters. The van der Waals surface area contributed by atoms with Crippen LogP contribution in [0.5, 0.6) is 5.75 Å². The minimum absolute atomic E-state index is 0.0316. The third-order valence-electron chi connectivity index (χ3n) is 3.30. The Labute approximate surface area is 94.7 Å². The minimum Gasteiger partial charge on any atom is -0.506 e. The number of phenols is 1. The van der Waals surface area contributed by atoms with Gasteiger partial charge < -0.3 is 15.7 Å². The number of aromatic hydroxyl groups is 1. The molecule has 4 nitrogen and oxygen atoms in total. The average molecular weight is 220 g/mol. The molecule has 0 aromatic heterocycles. The van der Waals surface area contributed by atoms with E-state index in [-0.39, 0.29) is 17.7 Å². The Hall–Kier alpha value is -1.71. The Kier molecular flexibility index (Phi) is 2.50. The summed E-state index contributed by atoms with van der Waals surface area (Å²) in [7, 11) is 0. The molecule has 0 spiro atoms. The lowest BCUT2D eigenvalue weighted by atomic mass is 9.92. The number of carbonyl (C=O) groups excluding carboxylic acids is 1. The molecule has 0 saturated heterocycles. The van der Waals surface area contributed by atoms with Gasteiger partial charge >= 0.3 is 0 Å². The van der Waals surface area contributed by atoms with E-state index in [2.05, 4.69) is 0 Å². The lowest BCUT2D eigenvalue weighted by Gasteiger charge is -2.35. The van der Waals surface area contributed by atoms with Crippen molar-refractivity contribution >= 4 is 11.6 Å². The van der Waals surface area contributed by atoms with Gasteiger partial charge in [0.25, 0.3) is 0 Å². The van der Waals surface area contributed by atoms with Crippen molar-refractivity contribution in [3.05, 3.63) is 23.3 Å². The number of hydrogen-bond donors (Lipinski definition) is 2. The van der Waals surface area contributed by atoms with E-state index in [0.29, 0.717) is 18.7 Å². The van der Waals surface area contributed by atoms with Crippen LogP contribution in [0, 0.1) is 0 Å². The molecule has 1 aromatic carbocycles. The molecule has 3 N–H and O–H groups in total. The number of benzene rings is 1. The standard InChI is InChI=1S/C12H16N2O2/c1-7-9-3-4-11(16)12(13)10(9)5-6-14(7)8(2)15/h3-4,7,16H,5-6,13H2,1-2H3. The Morgan fingerprint density at radius 1 is 1.56 bits per heavy atom. The maximum Gasteiger partial charge on any atom is 0.219 e. The number of anilines is 1. The normalized spacial score (nSPS) is 19.4. The summed E-state index contributed by atoms with van der Waals surface area (Å²) in [5.74, 6) is 0.201. The van der Waals surface area contributed by atoms with Crippen LogP contribution in [0.25, 0.3) is 0 Å². The molecule has 86 valence electrons. The lowest BCUT2D eigenvalue weighted by Crippen LogP contribution is -2.37. The molecule has 0 fully saturated rings. The Morgan fingerprint density at radius 2 is 2.25 bits per heavy atom. The maximum atomic E-state index is 11.4. The van der Waals surface area contributed by atoms with E-state index in [0.717, 1.165) is 11.1 Å². The van der Waals surface area contributed by atoms with E-state index in [1.807, 2.05) is 17.9 Å². The van der Waals surface area contributed by atoms with Crippen molar-refractivity contribution in [3.8, 4) is 5.75 Å². The summed E-state index contributed by atoms with van der Waals surface area (Å²) in [6.45, 7) is 4.22. The monoisotopic (exact) mass is 220 g/mol. The van der Waals surface area contributed by atoms with Crippen LogP contribution in [0.1, 0.15) is 31.0 Å². The fourth-order valence-electron chi connectivity index (χ4n) is 2.36. The van der Waals surface area contributed by atoms with Crippen LogP contribution < -0.4 is 5.73 Å². The number of carbonyl (C=O) groups is 1. The molecule has 1 aliphatic rings. The van der Waals surface area contributed by atoms with Gasteiger partial charge in [-0.2, -0.15) is 0 Å². The van der Waals surface area contributed by atoms with Gasteiger partial charge in [0.2, 0.25) is 5.91 Å². The van der Waals surface area contributed by atoms with Crippen molar-refractivity contribution in [3.63, 3.8) is 0 Å². The summed E-state index contributed by atoms with van der Waals surface area (Å²) < 4.78 is 0. The summed E-state index contributed by atoms with van der Waals surface area (Å²) in [6.07, 6.45) is 0.708. The summed E-state index contributed by atoms with van der Waals surface area (Å²) in [5.41, 5.74) is 8.30. The van der Waals surface area contributed by atoms with E-state index >= 15 is 0 Å². The molecule has 1 aliphatic heterocycles. The largest absolute Gasteiger partial charge is 0.506 e. The fraction of sp³-hybridized carbons (Fsp3) is 0.417. The number of rotatable bonds is 0. The summed E-state index contributed by atoms with van der Waals surface area (Å²) in [5, 5.41) is 9.53. The zero-order chi connectivity index (χ0) is 11.9. The van der Waals surface area contributed by atoms with E-state index in [9.17, 15) is 9.90 Å². The number of amides is 1. The number of hydrogen-bond acceptors (Lipinski definition) is 3. The highest BCUT2D eigenvalue weighted by Crippen LogP contribution is 2.36. The average Bonchev–Trinajstić information content (AvgIpc) is 2.23. The Balaban J connectivity index is 2.47. The highest BCUT2D eigenvalue weighted by molar-refractivity contribution is 5.75. The van der Waals surface area contributed by atoms with Crippen LogP contribution in [0.15, 0.2) is 12.1 Å². The van der Waals surface area contributed by atoms with Gasteiger partial charge in [-0.3, -0.25) is 4.79 Å². The molecular formula is C12H16N2O2. The summed E-state index contributed by atoms with van der Waals surface area (Å²) in [6, 6.07) is 3.47. The van der Waals surface area contributed by atoms with Gasteiger partial charge in [-0.05, 0) is 30.5 Å². The molecule has 1 amide bonds. The van der Waals surface area contributed by atoms with Gasteiger partial charge in [0.15, 0.2) is 0 Å². The van der Waals surface area contributed by atoms with Gasteiger partial charge in [-0.15, -0.1) is 0 Å². The van der Waals surface area contributed by atoms with E-state index in [4.69, 9.17) is 5.73 Å². The second-order valence-electron chi connectivity index (χ2n) is 4.20. The lowest BCUT2D eigenvalue weighted by molar-refractivity contribution is -0.131. The second-order valence-corrected chi connectivity index (χ2v) is 4.20. The van der Waals surface area contributed by atoms with Gasteiger partial charge in [0.05, 0.1) is 11.7 Å². The number of fused-ring (bicyclic) bond motifs is 1. The highest BCUT2D eigenvalue weighted by atomic mass is 16.3. The first-order chi connectivity index (χ1) is 7.52. The molecule has 0 aliphatic carbocycles. The molecule has 0 saturated carbocycles. The molecule has 4 heteroatoms. The Morgan fingerprint density at radius 3 is 2.88 bits per heavy atom. The van der Waals surface area contributed by atoms with Crippen molar-refractivity contribution in [2.75, 3.05) is 12.3 Å². The quantitative estimate of drug-likeness (QED) is 0.513. The second kappa shape index (κ2) is 3.70. The SMILES string of the molecule is CC(=O)N1CCc2c(ccc(O)c2N)C1C. The first-order valence-electron chi connectivity index (χ1n) is 5.39. The molecule has 0 radical (unpaired) electrons. The molecule has 0 bridgehead atoms. The van der Waals surface area contributed by atoms with Gasteiger partial charge in [0, 0.05) is 13.5 Å². The van der Waals surface area contributed by atoms with Crippen LogP contribution in [0.3, 0.4) is 0 Å². The minimum atomic E-state index is 0.0316. The summed E-state index contributed by atoms with van der Waals surface area (Å²) in [4.78, 5) is 13.2. The number of phenolic OH excluding ortho intramolecular Hbond substituents is 1. The van der Waals surface area contributed by atoms with Crippen LogP contribution in [0.4, 0.5) is 5.69 Å². The van der Waals surface area contributed by atoms with E-state index < -0.39 is 0 Å². The van der Waals surface area contributed by atoms with Crippen molar-refractivity contribution in [2.45, 2.75) is 26.3 Å². The number of nitrogen functional groups attached to an aromatic ring is 1. The zero-order valence-electron chi connectivity index (χ0n) is 9.53. The topological polar surface area (TPSA) is 66.6 Å². The molecular weight excluding hydrogens is 204 g/mol. The fourth-order valence-corrected chi connectivity index (χ4v) is 2.36. The van der Waals surface area contributed by atoms with E-state index in [1.165, 1.54) is 0 Å². The van der Waals surface area contributed by atoms with Crippen LogP contribution in [-0.4, -0.2) is 22.5 Å². The first kappa shape index (κ1) is 10.8. The van der Waals surface area contributed by atoms with Gasteiger partial charge in [-0.25, -0.2) is 0 Å². The number of nitrogens with two attached hydrogens (primary N) is 1. The highest BCUT2D eigenvalue weighted by Gasteiger charge is 2.27. The van der Waals surface area contributed by atoms with Crippen molar-refractivity contribution in [2.24, 2.45) is 0 Å². The number of nitrogens with zero attached hydrogens (tertiary/aromatic N) is 1. The van der Waals surface area contributed by atoms with Crippen molar-refractivity contribution in [1.82, 2.24) is 4.90 Å². The van der Waals surface area contributed by atoms with Crippen LogP contribution in [-0.2, 0) is 11.2 Å². The Bertz CT molecular complexity index is 443. The molecule has 16 heavy (non-hydrogen) atoms. The van der Waals surface area contributed by atoms with Crippen LogP contribution in [0.2, 0.25) is 0 Å². The van der Waals surface area contributed by atoms with Crippen LogP contribution >= 0.6 is 0 Å². The molecule has 1 aromatic rings. The first-order valence-corrected chi connectivity index (χ1v) is 5.39. The van der Waals surface area contributed by atoms with E-state index in [1.54, 1.807) is 13.0 Å². The third kappa shape index (κ3) is 1.50. The molecule has 1 heterocycles. The predicted octanol–water partition coefficient (Wildman–Crippen LogP) is 1.44. The maximum absolute atomic E-state index is 11.4. The molecule has 1 unspecified atom stereocenters. The zero-order valence-corrected chi connectivity index (χ0v) is 9.53.